The van der Waals surface area contributed by atoms with Gasteiger partial charge in [0.25, 0.3) is 0 Å². The molecule has 0 amide bonds. The number of ether oxygens (including phenoxy) is 1. The molecule has 0 saturated carbocycles. The lowest BCUT2D eigenvalue weighted by atomic mass is 9.98. The first-order valence-corrected chi connectivity index (χ1v) is 4.50. The predicted octanol–water partition coefficient (Wildman–Crippen LogP) is 2.72. The van der Waals surface area contributed by atoms with E-state index in [-0.39, 0.29) is 10.8 Å². The highest BCUT2D eigenvalue weighted by molar-refractivity contribution is 6.32. The number of rotatable bonds is 2. The Kier molecular flexibility index (Phi) is 3.02. The van der Waals surface area contributed by atoms with E-state index in [9.17, 15) is 9.50 Å². The maximum atomic E-state index is 13.1. The first-order valence-electron chi connectivity index (χ1n) is 4.12. The molecule has 0 aromatic heterocycles. The van der Waals surface area contributed by atoms with E-state index in [4.69, 9.17) is 16.3 Å². The van der Waals surface area contributed by atoms with Gasteiger partial charge in [0.2, 0.25) is 0 Å². The lowest BCUT2D eigenvalue weighted by molar-refractivity contribution is 0.0781. The van der Waals surface area contributed by atoms with Crippen molar-refractivity contribution in [1.29, 1.82) is 0 Å². The first-order chi connectivity index (χ1) is 6.36. The zero-order valence-electron chi connectivity index (χ0n) is 8.27. The standard InChI is InChI=1S/C10H12ClFO2/c1-10(2,13)7-4-6(12)5-8(14-3)9(7)11/h4-5,13H,1-3H3. The van der Waals surface area contributed by atoms with Gasteiger partial charge in [-0.2, -0.15) is 0 Å². The Bertz CT molecular complexity index is 345. The third-order valence-electron chi connectivity index (χ3n) is 1.88. The number of hydrogen-bond donors (Lipinski definition) is 1. The van der Waals surface area contributed by atoms with Gasteiger partial charge in [-0.05, 0) is 19.9 Å². The summed E-state index contributed by atoms with van der Waals surface area (Å²) in [6.45, 7) is 3.07. The van der Waals surface area contributed by atoms with E-state index in [1.165, 1.54) is 33.1 Å². The van der Waals surface area contributed by atoms with Crippen molar-refractivity contribution in [1.82, 2.24) is 0 Å². The largest absolute Gasteiger partial charge is 0.495 e. The zero-order chi connectivity index (χ0) is 10.9. The Labute approximate surface area is 87.3 Å². The van der Waals surface area contributed by atoms with E-state index in [1.807, 2.05) is 0 Å². The van der Waals surface area contributed by atoms with Gasteiger partial charge in [0.05, 0.1) is 17.7 Å². The van der Waals surface area contributed by atoms with Crippen LogP contribution in [0.4, 0.5) is 4.39 Å². The van der Waals surface area contributed by atoms with Crippen LogP contribution in [0, 0.1) is 5.82 Å². The van der Waals surface area contributed by atoms with E-state index in [0.29, 0.717) is 5.56 Å². The maximum Gasteiger partial charge on any atom is 0.140 e. The monoisotopic (exact) mass is 218 g/mol. The number of benzene rings is 1. The van der Waals surface area contributed by atoms with Crippen molar-refractivity contribution in [3.8, 4) is 5.75 Å². The SMILES string of the molecule is COc1cc(F)cc(C(C)(C)O)c1Cl. The van der Waals surface area contributed by atoms with Gasteiger partial charge in [0, 0.05) is 11.6 Å². The molecule has 78 valence electrons. The molecule has 0 bridgehead atoms. The molecule has 0 saturated heterocycles. The van der Waals surface area contributed by atoms with E-state index < -0.39 is 11.4 Å². The Morgan fingerprint density at radius 3 is 2.43 bits per heavy atom. The van der Waals surface area contributed by atoms with Gasteiger partial charge >= 0.3 is 0 Å². The molecule has 1 N–H and O–H groups in total. The molecule has 0 aliphatic rings. The minimum absolute atomic E-state index is 0.226. The average molecular weight is 219 g/mol. The fourth-order valence-corrected chi connectivity index (χ4v) is 1.58. The molecule has 14 heavy (non-hydrogen) atoms. The van der Waals surface area contributed by atoms with Crippen molar-refractivity contribution < 1.29 is 14.2 Å². The van der Waals surface area contributed by atoms with Crippen molar-refractivity contribution >= 4 is 11.6 Å². The summed E-state index contributed by atoms with van der Waals surface area (Å²) in [5.41, 5.74) is -0.872. The number of aliphatic hydroxyl groups is 1. The quantitative estimate of drug-likeness (QED) is 0.827. The summed E-state index contributed by atoms with van der Waals surface area (Å²) in [6, 6.07) is 2.38. The van der Waals surface area contributed by atoms with Crippen LogP contribution in [0.3, 0.4) is 0 Å². The molecule has 1 aromatic carbocycles. The molecule has 1 aromatic rings. The fourth-order valence-electron chi connectivity index (χ4n) is 1.16. The molecule has 0 atom stereocenters. The minimum atomic E-state index is -1.19. The summed E-state index contributed by atoms with van der Waals surface area (Å²) in [5.74, 6) is -0.257. The lowest BCUT2D eigenvalue weighted by Crippen LogP contribution is -2.16. The summed E-state index contributed by atoms with van der Waals surface area (Å²) >= 11 is 5.91. The smallest absolute Gasteiger partial charge is 0.140 e. The molecular formula is C10H12ClFO2. The van der Waals surface area contributed by atoms with Crippen LogP contribution >= 0.6 is 11.6 Å². The van der Waals surface area contributed by atoms with E-state index >= 15 is 0 Å². The van der Waals surface area contributed by atoms with Crippen LogP contribution in [0.5, 0.6) is 5.75 Å². The van der Waals surface area contributed by atoms with Gasteiger partial charge in [-0.1, -0.05) is 11.6 Å². The fraction of sp³-hybridized carbons (Fsp3) is 0.400. The summed E-state index contributed by atoms with van der Waals surface area (Å²) in [4.78, 5) is 0. The van der Waals surface area contributed by atoms with Crippen LogP contribution in [0.2, 0.25) is 5.02 Å². The molecule has 0 fully saturated rings. The summed E-state index contributed by atoms with van der Waals surface area (Å²) in [5, 5.41) is 9.94. The second kappa shape index (κ2) is 3.75. The van der Waals surface area contributed by atoms with Gasteiger partial charge < -0.3 is 9.84 Å². The summed E-state index contributed by atoms with van der Waals surface area (Å²) < 4.78 is 18.0. The number of halogens is 2. The van der Waals surface area contributed by atoms with Crippen molar-refractivity contribution in [2.45, 2.75) is 19.4 Å². The topological polar surface area (TPSA) is 29.5 Å². The van der Waals surface area contributed by atoms with E-state index in [1.54, 1.807) is 0 Å². The van der Waals surface area contributed by atoms with Crippen LogP contribution in [-0.2, 0) is 5.60 Å². The highest BCUT2D eigenvalue weighted by Crippen LogP contribution is 2.35. The van der Waals surface area contributed by atoms with Crippen LogP contribution < -0.4 is 4.74 Å². The second-order valence-electron chi connectivity index (χ2n) is 3.53. The molecule has 0 aliphatic heterocycles. The highest BCUT2D eigenvalue weighted by Gasteiger charge is 2.22. The normalized spacial score (nSPS) is 11.6. The lowest BCUT2D eigenvalue weighted by Gasteiger charge is -2.20. The van der Waals surface area contributed by atoms with Crippen LogP contribution in [0.15, 0.2) is 12.1 Å². The molecule has 0 heterocycles. The van der Waals surface area contributed by atoms with Gasteiger partial charge in [-0.15, -0.1) is 0 Å². The molecular weight excluding hydrogens is 207 g/mol. The second-order valence-corrected chi connectivity index (χ2v) is 3.91. The third-order valence-corrected chi connectivity index (χ3v) is 2.27. The van der Waals surface area contributed by atoms with Gasteiger partial charge in [0.15, 0.2) is 0 Å². The van der Waals surface area contributed by atoms with Crippen molar-refractivity contribution in [3.05, 3.63) is 28.5 Å². The van der Waals surface area contributed by atoms with Crippen molar-refractivity contribution in [2.24, 2.45) is 0 Å². The molecule has 2 nitrogen and oxygen atoms in total. The van der Waals surface area contributed by atoms with Crippen molar-refractivity contribution in [3.63, 3.8) is 0 Å². The molecule has 0 radical (unpaired) electrons. The molecule has 0 aliphatic carbocycles. The van der Waals surface area contributed by atoms with Crippen LogP contribution in [0.1, 0.15) is 19.4 Å². The number of hydrogen-bond acceptors (Lipinski definition) is 2. The zero-order valence-corrected chi connectivity index (χ0v) is 9.02. The summed E-state index contributed by atoms with van der Waals surface area (Å²) in [7, 11) is 1.40. The molecule has 4 heteroatoms. The third kappa shape index (κ3) is 2.16. The average Bonchev–Trinajstić information content (AvgIpc) is 2.06. The molecule has 0 spiro atoms. The molecule has 1 rings (SSSR count). The predicted molar refractivity (Wildman–Crippen MR) is 53.2 cm³/mol. The van der Waals surface area contributed by atoms with Gasteiger partial charge in [-0.25, -0.2) is 4.39 Å². The Morgan fingerprint density at radius 1 is 1.43 bits per heavy atom. The van der Waals surface area contributed by atoms with Gasteiger partial charge in [-0.3, -0.25) is 0 Å². The molecule has 0 unspecified atom stereocenters. The Hall–Kier alpha value is -0.800. The highest BCUT2D eigenvalue weighted by atomic mass is 35.5. The van der Waals surface area contributed by atoms with Gasteiger partial charge in [0.1, 0.15) is 11.6 Å². The van der Waals surface area contributed by atoms with E-state index in [0.717, 1.165) is 0 Å². The maximum absolute atomic E-state index is 13.1. The van der Waals surface area contributed by atoms with Crippen LogP contribution in [-0.4, -0.2) is 12.2 Å². The Balaban J connectivity index is 3.37. The first kappa shape index (κ1) is 11.3. The summed E-state index contributed by atoms with van der Waals surface area (Å²) in [6.07, 6.45) is 0. The van der Waals surface area contributed by atoms with Crippen molar-refractivity contribution in [2.75, 3.05) is 7.11 Å². The number of methoxy groups -OCH3 is 1. The van der Waals surface area contributed by atoms with Crippen LogP contribution in [0.25, 0.3) is 0 Å². The minimum Gasteiger partial charge on any atom is -0.495 e. The Morgan fingerprint density at radius 2 is 2.00 bits per heavy atom. The van der Waals surface area contributed by atoms with E-state index in [2.05, 4.69) is 0 Å².